The Bertz CT molecular complexity index is 489. The highest BCUT2D eigenvalue weighted by molar-refractivity contribution is 5.80. The van der Waals surface area contributed by atoms with Crippen LogP contribution in [0.4, 0.5) is 0 Å². The Labute approximate surface area is 140 Å². The van der Waals surface area contributed by atoms with Gasteiger partial charge in [0.25, 0.3) is 0 Å². The standard InChI is InChI=1S/C18H30N4O/c1-14(2)22-12-15(3)17(13-22)21-18(19-4)20-10-11-23-16-8-6-5-7-9-16/h5-9,14-15,17H,10-13H2,1-4H3,(H2,19,20,21). The topological polar surface area (TPSA) is 48.9 Å². The van der Waals surface area contributed by atoms with Gasteiger partial charge in [-0.05, 0) is 31.9 Å². The van der Waals surface area contributed by atoms with Crippen LogP contribution in [0.15, 0.2) is 35.3 Å². The third kappa shape index (κ3) is 5.43. The number of hydrogen-bond acceptors (Lipinski definition) is 3. The van der Waals surface area contributed by atoms with E-state index in [-0.39, 0.29) is 0 Å². The lowest BCUT2D eigenvalue weighted by Gasteiger charge is -2.22. The molecule has 0 bridgehead atoms. The molecule has 0 amide bonds. The molecule has 1 aromatic carbocycles. The number of guanidine groups is 1. The van der Waals surface area contributed by atoms with Crippen molar-refractivity contribution in [2.24, 2.45) is 10.9 Å². The molecule has 2 unspecified atom stereocenters. The van der Waals surface area contributed by atoms with Crippen LogP contribution in [0.5, 0.6) is 5.75 Å². The number of ether oxygens (including phenoxy) is 1. The van der Waals surface area contributed by atoms with Crippen LogP contribution in [0.3, 0.4) is 0 Å². The molecule has 1 saturated heterocycles. The smallest absolute Gasteiger partial charge is 0.191 e. The van der Waals surface area contributed by atoms with Crippen LogP contribution in [0.1, 0.15) is 20.8 Å². The predicted octanol–water partition coefficient (Wildman–Crippen LogP) is 1.96. The summed E-state index contributed by atoms with van der Waals surface area (Å²) in [4.78, 5) is 6.83. The van der Waals surface area contributed by atoms with Gasteiger partial charge in [0.1, 0.15) is 12.4 Å². The number of nitrogens with one attached hydrogen (secondary N) is 2. The minimum absolute atomic E-state index is 0.443. The van der Waals surface area contributed by atoms with Crippen molar-refractivity contribution in [1.29, 1.82) is 0 Å². The van der Waals surface area contributed by atoms with E-state index in [1.807, 2.05) is 37.4 Å². The van der Waals surface area contributed by atoms with Crippen LogP contribution < -0.4 is 15.4 Å². The van der Waals surface area contributed by atoms with Gasteiger partial charge in [-0.1, -0.05) is 25.1 Å². The van der Waals surface area contributed by atoms with Crippen LogP contribution in [0, 0.1) is 5.92 Å². The van der Waals surface area contributed by atoms with Crippen molar-refractivity contribution in [1.82, 2.24) is 15.5 Å². The van der Waals surface area contributed by atoms with Gasteiger partial charge in [-0.2, -0.15) is 0 Å². The Kier molecular flexibility index (Phi) is 6.71. The zero-order valence-corrected chi connectivity index (χ0v) is 14.7. The molecule has 0 aromatic heterocycles. The normalized spacial score (nSPS) is 22.4. The fraction of sp³-hybridized carbons (Fsp3) is 0.611. The third-order valence-corrected chi connectivity index (χ3v) is 4.32. The molecular formula is C18H30N4O. The molecule has 2 atom stereocenters. The lowest BCUT2D eigenvalue weighted by atomic mass is 10.1. The first-order valence-corrected chi connectivity index (χ1v) is 8.49. The number of aliphatic imine (C=N–C) groups is 1. The van der Waals surface area contributed by atoms with E-state index >= 15 is 0 Å². The molecule has 1 fully saturated rings. The summed E-state index contributed by atoms with van der Waals surface area (Å²) < 4.78 is 5.69. The summed E-state index contributed by atoms with van der Waals surface area (Å²) in [5, 5.41) is 6.87. The van der Waals surface area contributed by atoms with Crippen molar-refractivity contribution >= 4 is 5.96 Å². The van der Waals surface area contributed by atoms with Gasteiger partial charge in [-0.3, -0.25) is 9.89 Å². The number of nitrogens with zero attached hydrogens (tertiary/aromatic N) is 2. The van der Waals surface area contributed by atoms with Gasteiger partial charge in [-0.25, -0.2) is 0 Å². The van der Waals surface area contributed by atoms with E-state index in [0.29, 0.717) is 24.6 Å². The zero-order chi connectivity index (χ0) is 16.7. The molecule has 23 heavy (non-hydrogen) atoms. The van der Waals surface area contributed by atoms with E-state index in [1.165, 1.54) is 0 Å². The first-order valence-electron chi connectivity index (χ1n) is 8.49. The number of rotatable bonds is 6. The zero-order valence-electron chi connectivity index (χ0n) is 14.7. The van der Waals surface area contributed by atoms with Gasteiger partial charge >= 0.3 is 0 Å². The SMILES string of the molecule is CN=C(NCCOc1ccccc1)NC1CN(C(C)C)CC1C. The van der Waals surface area contributed by atoms with Gasteiger partial charge < -0.3 is 15.4 Å². The van der Waals surface area contributed by atoms with Crippen molar-refractivity contribution in [3.05, 3.63) is 30.3 Å². The summed E-state index contributed by atoms with van der Waals surface area (Å²) in [6, 6.07) is 10.9. The Morgan fingerprint density at radius 3 is 2.65 bits per heavy atom. The van der Waals surface area contributed by atoms with Crippen LogP contribution in [0.2, 0.25) is 0 Å². The highest BCUT2D eigenvalue weighted by atomic mass is 16.5. The van der Waals surface area contributed by atoms with E-state index < -0.39 is 0 Å². The average Bonchev–Trinajstić information content (AvgIpc) is 2.92. The second-order valence-electron chi connectivity index (χ2n) is 6.44. The molecule has 2 N–H and O–H groups in total. The number of likely N-dealkylation sites (tertiary alicyclic amines) is 1. The molecule has 5 heteroatoms. The Hall–Kier alpha value is -1.75. The molecule has 1 heterocycles. The van der Waals surface area contributed by atoms with E-state index in [9.17, 15) is 0 Å². The second-order valence-corrected chi connectivity index (χ2v) is 6.44. The summed E-state index contributed by atoms with van der Waals surface area (Å²) in [5.74, 6) is 2.37. The maximum atomic E-state index is 5.69. The fourth-order valence-electron chi connectivity index (χ4n) is 2.84. The van der Waals surface area contributed by atoms with Crippen molar-refractivity contribution in [3.8, 4) is 5.75 Å². The Morgan fingerprint density at radius 1 is 1.30 bits per heavy atom. The second kappa shape index (κ2) is 8.77. The Morgan fingerprint density at radius 2 is 2.04 bits per heavy atom. The minimum atomic E-state index is 0.443. The molecule has 0 radical (unpaired) electrons. The summed E-state index contributed by atoms with van der Waals surface area (Å²) in [5.41, 5.74) is 0. The molecule has 0 aliphatic carbocycles. The van der Waals surface area contributed by atoms with Gasteiger partial charge in [0.05, 0.1) is 6.54 Å². The average molecular weight is 318 g/mol. The highest BCUT2D eigenvalue weighted by Crippen LogP contribution is 2.18. The van der Waals surface area contributed by atoms with E-state index in [2.05, 4.69) is 41.3 Å². The molecule has 0 saturated carbocycles. The summed E-state index contributed by atoms with van der Waals surface area (Å²) in [6.45, 7) is 10.4. The quantitative estimate of drug-likeness (QED) is 0.478. The first-order chi connectivity index (χ1) is 11.1. The van der Waals surface area contributed by atoms with E-state index in [4.69, 9.17) is 4.74 Å². The van der Waals surface area contributed by atoms with Crippen molar-refractivity contribution in [2.75, 3.05) is 33.3 Å². The van der Waals surface area contributed by atoms with Gasteiger partial charge in [0, 0.05) is 32.2 Å². The van der Waals surface area contributed by atoms with E-state index in [0.717, 1.165) is 31.3 Å². The van der Waals surface area contributed by atoms with E-state index in [1.54, 1.807) is 0 Å². The number of para-hydroxylation sites is 1. The first kappa shape index (κ1) is 17.6. The number of benzene rings is 1. The summed E-state index contributed by atoms with van der Waals surface area (Å²) in [7, 11) is 1.81. The maximum Gasteiger partial charge on any atom is 0.191 e. The molecule has 1 aliphatic heterocycles. The molecule has 128 valence electrons. The minimum Gasteiger partial charge on any atom is -0.492 e. The molecule has 2 rings (SSSR count). The third-order valence-electron chi connectivity index (χ3n) is 4.32. The molecule has 0 spiro atoms. The molecule has 1 aromatic rings. The molecule has 1 aliphatic rings. The van der Waals surface area contributed by atoms with Gasteiger partial charge in [0.2, 0.25) is 0 Å². The van der Waals surface area contributed by atoms with Crippen molar-refractivity contribution in [3.63, 3.8) is 0 Å². The monoisotopic (exact) mass is 318 g/mol. The summed E-state index contributed by atoms with van der Waals surface area (Å²) >= 11 is 0. The van der Waals surface area contributed by atoms with Crippen molar-refractivity contribution < 1.29 is 4.74 Å². The van der Waals surface area contributed by atoms with Crippen LogP contribution in [-0.4, -0.2) is 56.2 Å². The lowest BCUT2D eigenvalue weighted by molar-refractivity contribution is 0.265. The summed E-state index contributed by atoms with van der Waals surface area (Å²) in [6.07, 6.45) is 0. The molecule has 5 nitrogen and oxygen atoms in total. The highest BCUT2D eigenvalue weighted by Gasteiger charge is 2.31. The molecular weight excluding hydrogens is 288 g/mol. The van der Waals surface area contributed by atoms with Crippen LogP contribution in [0.25, 0.3) is 0 Å². The van der Waals surface area contributed by atoms with Gasteiger partial charge in [-0.15, -0.1) is 0 Å². The van der Waals surface area contributed by atoms with Crippen LogP contribution in [-0.2, 0) is 0 Å². The Balaban J connectivity index is 1.71. The number of hydrogen-bond donors (Lipinski definition) is 2. The van der Waals surface area contributed by atoms with Crippen molar-refractivity contribution in [2.45, 2.75) is 32.9 Å². The largest absolute Gasteiger partial charge is 0.492 e. The lowest BCUT2D eigenvalue weighted by Crippen LogP contribution is -2.47. The van der Waals surface area contributed by atoms with Crippen LogP contribution >= 0.6 is 0 Å². The maximum absolute atomic E-state index is 5.69. The predicted molar refractivity (Wildman–Crippen MR) is 96.1 cm³/mol. The fourth-order valence-corrected chi connectivity index (χ4v) is 2.84. The van der Waals surface area contributed by atoms with Gasteiger partial charge in [0.15, 0.2) is 5.96 Å².